The molecule has 0 unspecified atom stereocenters. The van der Waals surface area contributed by atoms with Crippen LogP contribution in [0.4, 0.5) is 0 Å². The van der Waals surface area contributed by atoms with Crippen LogP contribution in [0.15, 0.2) is 34.8 Å². The van der Waals surface area contributed by atoms with Crippen molar-refractivity contribution in [1.29, 1.82) is 0 Å². The molecule has 0 aliphatic heterocycles. The van der Waals surface area contributed by atoms with E-state index in [9.17, 15) is 0 Å². The second-order valence-corrected chi connectivity index (χ2v) is 5.90. The summed E-state index contributed by atoms with van der Waals surface area (Å²) in [6.45, 7) is 6.30. The molecule has 0 radical (unpaired) electrons. The molecule has 0 fully saturated rings. The molecule has 0 aliphatic rings. The van der Waals surface area contributed by atoms with Crippen LogP contribution in [0, 0.1) is 20.8 Å². The SMILES string of the molecule is Cc1ccc(Br)c(-c2nc3c(C)cc(C)cc3[nH]2)c1. The Morgan fingerprint density at radius 2 is 1.79 bits per heavy atom. The molecule has 1 N–H and O–H groups in total. The average molecular weight is 315 g/mol. The van der Waals surface area contributed by atoms with Gasteiger partial charge in [0.1, 0.15) is 5.82 Å². The van der Waals surface area contributed by atoms with Gasteiger partial charge in [0.2, 0.25) is 0 Å². The Morgan fingerprint density at radius 3 is 2.58 bits per heavy atom. The average Bonchev–Trinajstić information content (AvgIpc) is 2.76. The lowest BCUT2D eigenvalue weighted by molar-refractivity contribution is 1.31. The number of hydrogen-bond donors (Lipinski definition) is 1. The van der Waals surface area contributed by atoms with Crippen LogP contribution in [0.2, 0.25) is 0 Å². The van der Waals surface area contributed by atoms with Crippen molar-refractivity contribution in [3.05, 3.63) is 51.5 Å². The van der Waals surface area contributed by atoms with Crippen molar-refractivity contribution in [2.75, 3.05) is 0 Å². The summed E-state index contributed by atoms with van der Waals surface area (Å²) >= 11 is 3.60. The first-order chi connectivity index (χ1) is 9.04. The highest BCUT2D eigenvalue weighted by molar-refractivity contribution is 9.10. The summed E-state index contributed by atoms with van der Waals surface area (Å²) in [5.41, 5.74) is 6.94. The van der Waals surface area contributed by atoms with E-state index in [1.165, 1.54) is 16.7 Å². The first kappa shape index (κ1) is 12.4. The number of hydrogen-bond acceptors (Lipinski definition) is 1. The van der Waals surface area contributed by atoms with Crippen molar-refractivity contribution in [2.24, 2.45) is 0 Å². The van der Waals surface area contributed by atoms with Gasteiger partial charge in [0, 0.05) is 10.0 Å². The fourth-order valence-corrected chi connectivity index (χ4v) is 2.85. The lowest BCUT2D eigenvalue weighted by Crippen LogP contribution is -1.84. The van der Waals surface area contributed by atoms with Gasteiger partial charge in [-0.15, -0.1) is 0 Å². The van der Waals surface area contributed by atoms with Crippen LogP contribution in [-0.2, 0) is 0 Å². The maximum atomic E-state index is 4.74. The van der Waals surface area contributed by atoms with Gasteiger partial charge in [0.15, 0.2) is 0 Å². The fraction of sp³-hybridized carbons (Fsp3) is 0.188. The van der Waals surface area contributed by atoms with Crippen molar-refractivity contribution in [2.45, 2.75) is 20.8 Å². The summed E-state index contributed by atoms with van der Waals surface area (Å²) in [5, 5.41) is 0. The molecule has 96 valence electrons. The zero-order valence-electron chi connectivity index (χ0n) is 11.2. The van der Waals surface area contributed by atoms with Crippen LogP contribution in [0.1, 0.15) is 16.7 Å². The van der Waals surface area contributed by atoms with Gasteiger partial charge in [0.05, 0.1) is 11.0 Å². The summed E-state index contributed by atoms with van der Waals surface area (Å²) in [7, 11) is 0. The Kier molecular flexibility index (Phi) is 2.94. The van der Waals surface area contributed by atoms with Crippen LogP contribution < -0.4 is 0 Å². The third-order valence-electron chi connectivity index (χ3n) is 3.30. The Labute approximate surface area is 121 Å². The van der Waals surface area contributed by atoms with Gasteiger partial charge in [-0.3, -0.25) is 0 Å². The minimum Gasteiger partial charge on any atom is -0.338 e. The van der Waals surface area contributed by atoms with Crippen LogP contribution in [0.25, 0.3) is 22.4 Å². The van der Waals surface area contributed by atoms with Gasteiger partial charge in [0.25, 0.3) is 0 Å². The van der Waals surface area contributed by atoms with E-state index < -0.39 is 0 Å². The van der Waals surface area contributed by atoms with Gasteiger partial charge >= 0.3 is 0 Å². The number of aromatic nitrogens is 2. The maximum absolute atomic E-state index is 4.74. The van der Waals surface area contributed by atoms with Crippen molar-refractivity contribution >= 4 is 27.0 Å². The molecular weight excluding hydrogens is 300 g/mol. The molecule has 1 heterocycles. The number of nitrogens with zero attached hydrogens (tertiary/aromatic N) is 1. The fourth-order valence-electron chi connectivity index (χ4n) is 2.42. The number of nitrogens with one attached hydrogen (secondary N) is 1. The van der Waals surface area contributed by atoms with Crippen LogP contribution in [0.5, 0.6) is 0 Å². The third-order valence-corrected chi connectivity index (χ3v) is 3.99. The van der Waals surface area contributed by atoms with E-state index in [0.29, 0.717) is 0 Å². The minimum absolute atomic E-state index is 0.916. The molecule has 0 saturated carbocycles. The molecule has 1 aromatic heterocycles. The summed E-state index contributed by atoms with van der Waals surface area (Å²) < 4.78 is 1.06. The first-order valence-electron chi connectivity index (χ1n) is 6.28. The Hall–Kier alpha value is -1.61. The number of imidazole rings is 1. The highest BCUT2D eigenvalue weighted by Gasteiger charge is 2.10. The zero-order valence-corrected chi connectivity index (χ0v) is 12.8. The molecule has 3 heteroatoms. The topological polar surface area (TPSA) is 28.7 Å². The molecule has 3 aromatic rings. The smallest absolute Gasteiger partial charge is 0.139 e. The van der Waals surface area contributed by atoms with E-state index in [2.05, 4.69) is 72.0 Å². The number of H-pyrrole nitrogens is 1. The number of aryl methyl sites for hydroxylation is 3. The molecule has 0 atom stereocenters. The minimum atomic E-state index is 0.916. The van der Waals surface area contributed by atoms with Gasteiger partial charge in [-0.05, 0) is 50.1 Å². The molecule has 0 amide bonds. The zero-order chi connectivity index (χ0) is 13.6. The summed E-state index contributed by atoms with van der Waals surface area (Å²) in [4.78, 5) is 8.16. The largest absolute Gasteiger partial charge is 0.338 e. The first-order valence-corrected chi connectivity index (χ1v) is 7.07. The van der Waals surface area contributed by atoms with Crippen LogP contribution in [0.3, 0.4) is 0 Å². The van der Waals surface area contributed by atoms with Gasteiger partial charge in [-0.25, -0.2) is 4.98 Å². The molecule has 2 aromatic carbocycles. The highest BCUT2D eigenvalue weighted by Crippen LogP contribution is 2.29. The number of benzene rings is 2. The Morgan fingerprint density at radius 1 is 1.00 bits per heavy atom. The lowest BCUT2D eigenvalue weighted by Gasteiger charge is -2.01. The Bertz CT molecular complexity index is 772. The van der Waals surface area contributed by atoms with Gasteiger partial charge in [-0.1, -0.05) is 33.6 Å². The molecule has 19 heavy (non-hydrogen) atoms. The van der Waals surface area contributed by atoms with Gasteiger partial charge < -0.3 is 4.98 Å². The monoisotopic (exact) mass is 314 g/mol. The molecule has 0 aliphatic carbocycles. The number of fused-ring (bicyclic) bond motifs is 1. The molecular formula is C16H15BrN2. The third kappa shape index (κ3) is 2.19. The lowest BCUT2D eigenvalue weighted by atomic mass is 10.1. The molecule has 0 saturated heterocycles. The molecule has 0 spiro atoms. The Balaban J connectivity index is 2.26. The van der Waals surface area contributed by atoms with E-state index in [1.54, 1.807) is 0 Å². The normalized spacial score (nSPS) is 11.2. The van der Waals surface area contributed by atoms with Crippen molar-refractivity contribution in [3.63, 3.8) is 0 Å². The van der Waals surface area contributed by atoms with E-state index in [0.717, 1.165) is 26.9 Å². The predicted octanol–water partition coefficient (Wildman–Crippen LogP) is 4.92. The predicted molar refractivity (Wildman–Crippen MR) is 83.4 cm³/mol. The molecule has 0 bridgehead atoms. The quantitative estimate of drug-likeness (QED) is 0.678. The highest BCUT2D eigenvalue weighted by atomic mass is 79.9. The van der Waals surface area contributed by atoms with E-state index in [1.807, 2.05) is 0 Å². The molecule has 2 nitrogen and oxygen atoms in total. The van der Waals surface area contributed by atoms with E-state index in [-0.39, 0.29) is 0 Å². The number of aromatic amines is 1. The molecule has 3 rings (SSSR count). The summed E-state index contributed by atoms with van der Waals surface area (Å²) in [5.74, 6) is 0.916. The summed E-state index contributed by atoms with van der Waals surface area (Å²) in [6.07, 6.45) is 0. The van der Waals surface area contributed by atoms with E-state index >= 15 is 0 Å². The summed E-state index contributed by atoms with van der Waals surface area (Å²) in [6, 6.07) is 10.6. The van der Waals surface area contributed by atoms with Crippen molar-refractivity contribution in [1.82, 2.24) is 9.97 Å². The maximum Gasteiger partial charge on any atom is 0.139 e. The number of halogens is 1. The van der Waals surface area contributed by atoms with Crippen molar-refractivity contribution in [3.8, 4) is 11.4 Å². The second kappa shape index (κ2) is 4.49. The number of rotatable bonds is 1. The van der Waals surface area contributed by atoms with Crippen LogP contribution in [-0.4, -0.2) is 9.97 Å². The van der Waals surface area contributed by atoms with Crippen LogP contribution >= 0.6 is 15.9 Å². The second-order valence-electron chi connectivity index (χ2n) is 5.05. The standard InChI is InChI=1S/C16H15BrN2/c1-9-4-5-13(17)12(7-9)16-18-14-8-10(2)6-11(3)15(14)19-16/h4-8H,1-3H3,(H,18,19). The van der Waals surface area contributed by atoms with Gasteiger partial charge in [-0.2, -0.15) is 0 Å². The van der Waals surface area contributed by atoms with Crippen molar-refractivity contribution < 1.29 is 0 Å². The van der Waals surface area contributed by atoms with E-state index in [4.69, 9.17) is 4.98 Å².